The van der Waals surface area contributed by atoms with Crippen LogP contribution in [-0.2, 0) is 6.54 Å². The van der Waals surface area contributed by atoms with Gasteiger partial charge < -0.3 is 14.5 Å². The van der Waals surface area contributed by atoms with Crippen molar-refractivity contribution in [2.75, 3.05) is 36.0 Å². The highest BCUT2D eigenvalue weighted by Crippen LogP contribution is 2.30. The summed E-state index contributed by atoms with van der Waals surface area (Å²) in [4.78, 5) is 22.0. The Morgan fingerprint density at radius 2 is 1.59 bits per heavy atom. The van der Waals surface area contributed by atoms with E-state index in [1.165, 1.54) is 12.1 Å². The molecule has 4 heterocycles. The van der Waals surface area contributed by atoms with Crippen molar-refractivity contribution in [2.45, 2.75) is 12.9 Å². The highest BCUT2D eigenvalue weighted by Gasteiger charge is 2.32. The quantitative estimate of drug-likeness (QED) is 0.619. The van der Waals surface area contributed by atoms with E-state index in [-0.39, 0.29) is 5.75 Å². The highest BCUT2D eigenvalue weighted by atomic mass is 19.4. The maximum atomic E-state index is 12.6. The van der Waals surface area contributed by atoms with Crippen molar-refractivity contribution in [2.24, 2.45) is 4.99 Å². The van der Waals surface area contributed by atoms with E-state index in [1.807, 2.05) is 12.1 Å². The van der Waals surface area contributed by atoms with E-state index in [1.54, 1.807) is 30.7 Å². The molecule has 2 aliphatic heterocycles. The van der Waals surface area contributed by atoms with Crippen LogP contribution in [0.2, 0.25) is 0 Å². The van der Waals surface area contributed by atoms with E-state index in [4.69, 9.17) is 0 Å². The zero-order valence-electron chi connectivity index (χ0n) is 17.0. The van der Waals surface area contributed by atoms with Gasteiger partial charge in [-0.3, -0.25) is 4.99 Å². The van der Waals surface area contributed by atoms with Crippen LogP contribution in [0, 0.1) is 0 Å². The van der Waals surface area contributed by atoms with Crippen LogP contribution in [0.15, 0.2) is 60.0 Å². The van der Waals surface area contributed by atoms with Gasteiger partial charge in [-0.15, -0.1) is 13.2 Å². The van der Waals surface area contributed by atoms with Gasteiger partial charge in [0.1, 0.15) is 11.6 Å². The smallest absolute Gasteiger partial charge is 0.406 e. The number of fused-ring (bicyclic) bond motifs is 1. The molecule has 0 aliphatic carbocycles. The lowest BCUT2D eigenvalue weighted by Crippen LogP contribution is -2.47. The van der Waals surface area contributed by atoms with Gasteiger partial charge in [-0.1, -0.05) is 6.07 Å². The third-order valence-electron chi connectivity index (χ3n) is 5.44. The normalized spacial score (nSPS) is 16.0. The summed E-state index contributed by atoms with van der Waals surface area (Å²) in [5.74, 6) is 1.26. The summed E-state index contributed by atoms with van der Waals surface area (Å²) in [5, 5.41) is 0. The molecule has 0 atom stereocenters. The number of benzene rings is 1. The van der Waals surface area contributed by atoms with Gasteiger partial charge in [0.2, 0.25) is 5.95 Å². The van der Waals surface area contributed by atoms with Crippen LogP contribution in [0.25, 0.3) is 0 Å². The Hall–Kier alpha value is -3.69. The molecule has 0 bridgehead atoms. The SMILES string of the molecule is FC(F)(F)Oc1ccc2c(c1)C(c1ccnc(N3CCN(c4ncccn4)CC3)c1)=NC2. The second-order valence-corrected chi connectivity index (χ2v) is 7.46. The van der Waals surface area contributed by atoms with Crippen molar-refractivity contribution < 1.29 is 17.9 Å². The standard InChI is InChI=1S/C22H19F3N6O/c23-22(24,25)32-17-3-2-16-14-29-20(18(16)13-17)15-4-7-26-19(12-15)30-8-10-31(11-9-30)21-27-5-1-6-28-21/h1-7,12-13H,8-11,14H2. The molecule has 0 N–H and O–H groups in total. The lowest BCUT2D eigenvalue weighted by molar-refractivity contribution is -0.274. The molecule has 0 saturated carbocycles. The number of aromatic nitrogens is 3. The van der Waals surface area contributed by atoms with Crippen molar-refractivity contribution in [1.29, 1.82) is 0 Å². The number of anilines is 2. The Morgan fingerprint density at radius 3 is 2.34 bits per heavy atom. The summed E-state index contributed by atoms with van der Waals surface area (Å²) in [6.07, 6.45) is 0.422. The molecule has 1 fully saturated rings. The number of aliphatic imine (C=N–C) groups is 1. The van der Waals surface area contributed by atoms with Crippen LogP contribution >= 0.6 is 0 Å². The van der Waals surface area contributed by atoms with Crippen LogP contribution in [0.3, 0.4) is 0 Å². The lowest BCUT2D eigenvalue weighted by Gasteiger charge is -2.35. The Labute approximate surface area is 182 Å². The summed E-state index contributed by atoms with van der Waals surface area (Å²) in [6.45, 7) is 3.45. The van der Waals surface area contributed by atoms with Gasteiger partial charge in [0.05, 0.1) is 12.3 Å². The van der Waals surface area contributed by atoms with Gasteiger partial charge in [0, 0.05) is 55.9 Å². The molecule has 5 rings (SSSR count). The first-order chi connectivity index (χ1) is 15.5. The summed E-state index contributed by atoms with van der Waals surface area (Å²) in [7, 11) is 0. The minimum Gasteiger partial charge on any atom is -0.406 e. The van der Waals surface area contributed by atoms with E-state index in [0.717, 1.165) is 43.1 Å². The fourth-order valence-electron chi connectivity index (χ4n) is 3.94. The van der Waals surface area contributed by atoms with Crippen LogP contribution in [0.4, 0.5) is 24.9 Å². The fourth-order valence-corrected chi connectivity index (χ4v) is 3.94. The highest BCUT2D eigenvalue weighted by molar-refractivity contribution is 6.15. The minimum absolute atomic E-state index is 0.251. The third kappa shape index (κ3) is 4.20. The first-order valence-electron chi connectivity index (χ1n) is 10.1. The molecular formula is C22H19F3N6O. The van der Waals surface area contributed by atoms with Crippen molar-refractivity contribution in [3.63, 3.8) is 0 Å². The van der Waals surface area contributed by atoms with Gasteiger partial charge in [-0.25, -0.2) is 15.0 Å². The van der Waals surface area contributed by atoms with Gasteiger partial charge in [-0.2, -0.15) is 0 Å². The number of nitrogens with zero attached hydrogens (tertiary/aromatic N) is 6. The van der Waals surface area contributed by atoms with Gasteiger partial charge >= 0.3 is 6.36 Å². The fraction of sp³-hybridized carbons (Fsp3) is 0.273. The summed E-state index contributed by atoms with van der Waals surface area (Å²) in [5.41, 5.74) is 2.97. The van der Waals surface area contributed by atoms with E-state index >= 15 is 0 Å². The maximum Gasteiger partial charge on any atom is 0.573 e. The molecule has 164 valence electrons. The van der Waals surface area contributed by atoms with Gasteiger partial charge in [0.25, 0.3) is 0 Å². The Kier molecular flexibility index (Phi) is 5.12. The van der Waals surface area contributed by atoms with E-state index in [0.29, 0.717) is 23.8 Å². The summed E-state index contributed by atoms with van der Waals surface area (Å²) in [6, 6.07) is 9.88. The van der Waals surface area contributed by atoms with Crippen molar-refractivity contribution in [3.05, 3.63) is 71.7 Å². The molecule has 3 aromatic rings. The zero-order valence-corrected chi connectivity index (χ0v) is 17.0. The molecule has 1 aromatic carbocycles. The largest absolute Gasteiger partial charge is 0.573 e. The molecule has 2 aliphatic rings. The molecule has 10 heteroatoms. The number of pyridine rings is 1. The molecule has 7 nitrogen and oxygen atoms in total. The van der Waals surface area contributed by atoms with Gasteiger partial charge in [-0.05, 0) is 35.9 Å². The van der Waals surface area contributed by atoms with Crippen molar-refractivity contribution in [1.82, 2.24) is 15.0 Å². The molecular weight excluding hydrogens is 421 g/mol. The molecule has 2 aromatic heterocycles. The van der Waals surface area contributed by atoms with Crippen LogP contribution < -0.4 is 14.5 Å². The second-order valence-electron chi connectivity index (χ2n) is 7.46. The van der Waals surface area contributed by atoms with Crippen molar-refractivity contribution in [3.8, 4) is 5.75 Å². The monoisotopic (exact) mass is 440 g/mol. The lowest BCUT2D eigenvalue weighted by atomic mass is 10.0. The Morgan fingerprint density at radius 1 is 0.844 bits per heavy atom. The van der Waals surface area contributed by atoms with Crippen LogP contribution in [0.5, 0.6) is 5.75 Å². The first-order valence-corrected chi connectivity index (χ1v) is 10.1. The number of piperazine rings is 1. The second kappa shape index (κ2) is 8.10. The number of alkyl halides is 3. The summed E-state index contributed by atoms with van der Waals surface area (Å²) < 4.78 is 42.0. The number of hydrogen-bond donors (Lipinski definition) is 0. The average molecular weight is 440 g/mol. The van der Waals surface area contributed by atoms with E-state index in [2.05, 4.69) is 34.5 Å². The van der Waals surface area contributed by atoms with Crippen molar-refractivity contribution >= 4 is 17.5 Å². The number of ether oxygens (including phenoxy) is 1. The molecule has 0 unspecified atom stereocenters. The third-order valence-corrected chi connectivity index (χ3v) is 5.44. The predicted molar refractivity (Wildman–Crippen MR) is 113 cm³/mol. The molecule has 0 spiro atoms. The zero-order chi connectivity index (χ0) is 22.1. The predicted octanol–water partition coefficient (Wildman–Crippen LogP) is 3.45. The average Bonchev–Trinajstić information content (AvgIpc) is 3.22. The van der Waals surface area contributed by atoms with Crippen LogP contribution in [0.1, 0.15) is 16.7 Å². The maximum absolute atomic E-state index is 12.6. The summed E-state index contributed by atoms with van der Waals surface area (Å²) >= 11 is 0. The van der Waals surface area contributed by atoms with E-state index in [9.17, 15) is 13.2 Å². The Balaban J connectivity index is 1.33. The topological polar surface area (TPSA) is 66.7 Å². The molecule has 1 saturated heterocycles. The first kappa shape index (κ1) is 20.2. The van der Waals surface area contributed by atoms with Crippen LogP contribution in [-0.4, -0.2) is 53.2 Å². The van der Waals surface area contributed by atoms with E-state index < -0.39 is 6.36 Å². The Bertz CT molecular complexity index is 1140. The molecule has 0 amide bonds. The van der Waals surface area contributed by atoms with Gasteiger partial charge in [0.15, 0.2) is 0 Å². The minimum atomic E-state index is -4.74. The molecule has 0 radical (unpaired) electrons. The number of rotatable bonds is 4. The number of hydrogen-bond acceptors (Lipinski definition) is 7. The number of halogens is 3. The molecule has 32 heavy (non-hydrogen) atoms.